The molecule has 1 aromatic heterocycles. The second-order valence-electron chi connectivity index (χ2n) is 5.80. The van der Waals surface area contributed by atoms with E-state index in [1.807, 2.05) is 6.92 Å². The molecule has 0 spiro atoms. The van der Waals surface area contributed by atoms with Gasteiger partial charge < -0.3 is 9.64 Å². The fourth-order valence-electron chi connectivity index (χ4n) is 2.60. The Labute approximate surface area is 112 Å². The third kappa shape index (κ3) is 2.49. The quantitative estimate of drug-likeness (QED) is 0.894. The predicted molar refractivity (Wildman–Crippen MR) is 68.9 cm³/mol. The van der Waals surface area contributed by atoms with E-state index in [4.69, 9.17) is 4.74 Å². The minimum atomic E-state index is -0.246. The standard InChI is InChI=1S/C13H20N4O2/c1-13(19-2)6-3-7-17(8-13)12(18)11-14-10(15-16-11)9-4-5-9/h9H,3-8H2,1-2H3,(H,14,15,16). The number of nitrogens with zero attached hydrogens (tertiary/aromatic N) is 3. The van der Waals surface area contributed by atoms with Crippen LogP contribution in [-0.4, -0.2) is 51.8 Å². The Kier molecular flexibility index (Phi) is 3.05. The van der Waals surface area contributed by atoms with Crippen LogP contribution in [0.1, 0.15) is 55.0 Å². The van der Waals surface area contributed by atoms with Gasteiger partial charge in [0.05, 0.1) is 5.60 Å². The van der Waals surface area contributed by atoms with Crippen LogP contribution < -0.4 is 0 Å². The molecule has 1 amide bonds. The highest BCUT2D eigenvalue weighted by Gasteiger charge is 2.35. The van der Waals surface area contributed by atoms with Crippen LogP contribution in [0.2, 0.25) is 0 Å². The Morgan fingerprint density at radius 2 is 2.32 bits per heavy atom. The molecule has 104 valence electrons. The summed E-state index contributed by atoms with van der Waals surface area (Å²) in [5.41, 5.74) is -0.246. The van der Waals surface area contributed by atoms with Crippen LogP contribution in [0.15, 0.2) is 0 Å². The summed E-state index contributed by atoms with van der Waals surface area (Å²) >= 11 is 0. The largest absolute Gasteiger partial charge is 0.377 e. The van der Waals surface area contributed by atoms with Gasteiger partial charge in [0.1, 0.15) is 5.82 Å². The molecule has 1 aromatic rings. The van der Waals surface area contributed by atoms with Crippen molar-refractivity contribution in [1.82, 2.24) is 20.1 Å². The van der Waals surface area contributed by atoms with Crippen LogP contribution >= 0.6 is 0 Å². The number of piperidine rings is 1. The summed E-state index contributed by atoms with van der Waals surface area (Å²) in [5.74, 6) is 1.54. The van der Waals surface area contributed by atoms with E-state index in [1.54, 1.807) is 12.0 Å². The summed E-state index contributed by atoms with van der Waals surface area (Å²) in [6, 6.07) is 0. The van der Waals surface area contributed by atoms with Crippen molar-refractivity contribution in [3.8, 4) is 0 Å². The molecule has 1 atom stereocenters. The van der Waals surface area contributed by atoms with Crippen LogP contribution in [0.25, 0.3) is 0 Å². The Morgan fingerprint density at radius 3 is 3.00 bits per heavy atom. The molecule has 6 heteroatoms. The molecule has 1 saturated heterocycles. The summed E-state index contributed by atoms with van der Waals surface area (Å²) < 4.78 is 5.51. The molecule has 0 bridgehead atoms. The van der Waals surface area contributed by atoms with E-state index in [-0.39, 0.29) is 11.5 Å². The first-order chi connectivity index (χ1) is 9.11. The molecular weight excluding hydrogens is 244 g/mol. The number of aromatic amines is 1. The second-order valence-corrected chi connectivity index (χ2v) is 5.80. The molecule has 0 radical (unpaired) electrons. The molecule has 2 heterocycles. The highest BCUT2D eigenvalue weighted by atomic mass is 16.5. The number of nitrogens with one attached hydrogen (secondary N) is 1. The predicted octanol–water partition coefficient (Wildman–Crippen LogP) is 1.32. The number of methoxy groups -OCH3 is 1. The van der Waals surface area contributed by atoms with Crippen LogP contribution in [0.4, 0.5) is 0 Å². The van der Waals surface area contributed by atoms with E-state index in [9.17, 15) is 4.79 Å². The topological polar surface area (TPSA) is 71.1 Å². The minimum absolute atomic E-state index is 0.0916. The summed E-state index contributed by atoms with van der Waals surface area (Å²) in [7, 11) is 1.70. The summed E-state index contributed by atoms with van der Waals surface area (Å²) in [4.78, 5) is 18.5. The van der Waals surface area contributed by atoms with E-state index in [2.05, 4.69) is 15.2 Å². The molecule has 2 aliphatic rings. The number of carbonyl (C=O) groups is 1. The van der Waals surface area contributed by atoms with Crippen molar-refractivity contribution in [3.05, 3.63) is 11.6 Å². The van der Waals surface area contributed by atoms with Crippen molar-refractivity contribution in [2.24, 2.45) is 0 Å². The van der Waals surface area contributed by atoms with Gasteiger partial charge in [-0.05, 0) is 32.6 Å². The van der Waals surface area contributed by atoms with Crippen molar-refractivity contribution in [3.63, 3.8) is 0 Å². The maximum Gasteiger partial charge on any atom is 0.293 e. The SMILES string of the molecule is COC1(C)CCCN(C(=O)c2n[nH]c(C3CC3)n2)C1. The Hall–Kier alpha value is -1.43. The molecule has 2 fully saturated rings. The van der Waals surface area contributed by atoms with Crippen molar-refractivity contribution in [2.45, 2.75) is 44.1 Å². The number of aromatic nitrogens is 3. The third-order valence-electron chi connectivity index (χ3n) is 4.10. The lowest BCUT2D eigenvalue weighted by Crippen LogP contribution is -2.49. The number of ether oxygens (including phenoxy) is 1. The van der Waals surface area contributed by atoms with Gasteiger partial charge in [-0.25, -0.2) is 4.98 Å². The lowest BCUT2D eigenvalue weighted by molar-refractivity contribution is -0.0442. The number of likely N-dealkylation sites (tertiary alicyclic amines) is 1. The number of rotatable bonds is 3. The summed E-state index contributed by atoms with van der Waals surface area (Å²) in [5, 5.41) is 6.94. The lowest BCUT2D eigenvalue weighted by Gasteiger charge is -2.38. The van der Waals surface area contributed by atoms with Gasteiger partial charge in [-0.2, -0.15) is 0 Å². The van der Waals surface area contributed by atoms with E-state index in [0.29, 0.717) is 18.3 Å². The van der Waals surface area contributed by atoms with Crippen molar-refractivity contribution in [1.29, 1.82) is 0 Å². The molecular formula is C13H20N4O2. The van der Waals surface area contributed by atoms with E-state index in [1.165, 1.54) is 0 Å². The number of H-pyrrole nitrogens is 1. The van der Waals surface area contributed by atoms with E-state index < -0.39 is 0 Å². The average Bonchev–Trinajstić information content (AvgIpc) is 3.16. The van der Waals surface area contributed by atoms with Gasteiger partial charge in [0, 0.05) is 26.1 Å². The molecule has 3 rings (SSSR count). The zero-order chi connectivity index (χ0) is 13.5. The molecule has 19 heavy (non-hydrogen) atoms. The fraction of sp³-hybridized carbons (Fsp3) is 0.769. The van der Waals surface area contributed by atoms with Crippen molar-refractivity contribution in [2.75, 3.05) is 20.2 Å². The Balaban J connectivity index is 1.71. The Bertz CT molecular complexity index is 483. The zero-order valence-corrected chi connectivity index (χ0v) is 11.5. The molecule has 1 unspecified atom stereocenters. The first kappa shape index (κ1) is 12.6. The van der Waals surface area contributed by atoms with E-state index in [0.717, 1.165) is 38.1 Å². The van der Waals surface area contributed by atoms with Gasteiger partial charge in [-0.1, -0.05) is 0 Å². The average molecular weight is 264 g/mol. The van der Waals surface area contributed by atoms with Crippen LogP contribution in [0, 0.1) is 0 Å². The first-order valence-corrected chi connectivity index (χ1v) is 6.88. The van der Waals surface area contributed by atoms with Crippen LogP contribution in [0.3, 0.4) is 0 Å². The van der Waals surface area contributed by atoms with Gasteiger partial charge in [0.2, 0.25) is 5.82 Å². The van der Waals surface area contributed by atoms with Crippen LogP contribution in [0.5, 0.6) is 0 Å². The number of hydrogen-bond donors (Lipinski definition) is 1. The molecule has 1 N–H and O–H groups in total. The molecule has 1 saturated carbocycles. The Morgan fingerprint density at radius 1 is 1.53 bits per heavy atom. The highest BCUT2D eigenvalue weighted by molar-refractivity contribution is 5.90. The maximum atomic E-state index is 12.4. The maximum absolute atomic E-state index is 12.4. The highest BCUT2D eigenvalue weighted by Crippen LogP contribution is 2.37. The number of carbonyl (C=O) groups excluding carboxylic acids is 1. The third-order valence-corrected chi connectivity index (χ3v) is 4.10. The summed E-state index contributed by atoms with van der Waals surface area (Å²) in [6.45, 7) is 3.40. The monoisotopic (exact) mass is 264 g/mol. The van der Waals surface area contributed by atoms with Gasteiger partial charge in [-0.3, -0.25) is 9.89 Å². The number of hydrogen-bond acceptors (Lipinski definition) is 4. The second kappa shape index (κ2) is 4.59. The van der Waals surface area contributed by atoms with Gasteiger partial charge in [0.15, 0.2) is 0 Å². The van der Waals surface area contributed by atoms with Crippen molar-refractivity contribution < 1.29 is 9.53 Å². The zero-order valence-electron chi connectivity index (χ0n) is 11.5. The minimum Gasteiger partial charge on any atom is -0.377 e. The van der Waals surface area contributed by atoms with Gasteiger partial charge >= 0.3 is 0 Å². The normalized spacial score (nSPS) is 27.6. The van der Waals surface area contributed by atoms with Crippen LogP contribution in [-0.2, 0) is 4.74 Å². The number of amides is 1. The van der Waals surface area contributed by atoms with Gasteiger partial charge in [-0.15, -0.1) is 5.10 Å². The molecule has 1 aliphatic heterocycles. The molecule has 0 aromatic carbocycles. The smallest absolute Gasteiger partial charge is 0.293 e. The lowest BCUT2D eigenvalue weighted by atomic mass is 9.95. The molecule has 6 nitrogen and oxygen atoms in total. The summed E-state index contributed by atoms with van der Waals surface area (Å²) in [6.07, 6.45) is 4.23. The van der Waals surface area contributed by atoms with Gasteiger partial charge in [0.25, 0.3) is 5.91 Å². The van der Waals surface area contributed by atoms with E-state index >= 15 is 0 Å². The molecule has 1 aliphatic carbocycles. The fourth-order valence-corrected chi connectivity index (χ4v) is 2.60. The van der Waals surface area contributed by atoms with Crippen molar-refractivity contribution >= 4 is 5.91 Å². The first-order valence-electron chi connectivity index (χ1n) is 6.88.